The normalized spacial score (nSPS) is 29.5. The van der Waals surface area contributed by atoms with Gasteiger partial charge in [-0.05, 0) is 68.1 Å². The summed E-state index contributed by atoms with van der Waals surface area (Å²) >= 11 is 1.48. The Balaban J connectivity index is 1.13. The Morgan fingerprint density at radius 3 is 2.70 bits per heavy atom. The summed E-state index contributed by atoms with van der Waals surface area (Å²) in [7, 11) is 0. The molecule has 3 aromatic rings. The van der Waals surface area contributed by atoms with Gasteiger partial charge >= 0.3 is 0 Å². The van der Waals surface area contributed by atoms with Gasteiger partial charge in [0.25, 0.3) is 5.56 Å². The van der Waals surface area contributed by atoms with Gasteiger partial charge in [0.2, 0.25) is 5.91 Å². The average Bonchev–Trinajstić information content (AvgIpc) is 3.28. The summed E-state index contributed by atoms with van der Waals surface area (Å²) in [5.41, 5.74) is 1.68. The van der Waals surface area contributed by atoms with Gasteiger partial charge in [0.1, 0.15) is 11.9 Å². The second kappa shape index (κ2) is 6.73. The van der Waals surface area contributed by atoms with Crippen molar-refractivity contribution in [2.24, 2.45) is 23.2 Å². The van der Waals surface area contributed by atoms with Crippen molar-refractivity contribution in [3.8, 4) is 0 Å². The highest BCUT2D eigenvalue weighted by Crippen LogP contribution is 2.61. The molecule has 0 aliphatic heterocycles. The average molecular weight is 425 g/mol. The molecule has 9 heteroatoms. The number of rotatable bonds is 5. The first-order valence-corrected chi connectivity index (χ1v) is 11.6. The van der Waals surface area contributed by atoms with Crippen LogP contribution in [0.5, 0.6) is 0 Å². The zero-order chi connectivity index (χ0) is 20.3. The molecule has 4 saturated carbocycles. The second-order valence-electron chi connectivity index (χ2n) is 9.56. The van der Waals surface area contributed by atoms with Gasteiger partial charge in [-0.2, -0.15) is 5.10 Å². The molecule has 4 bridgehead atoms. The minimum absolute atomic E-state index is 0.0101. The summed E-state index contributed by atoms with van der Waals surface area (Å²) in [5.74, 6) is 2.56. The van der Waals surface area contributed by atoms with Crippen molar-refractivity contribution in [1.29, 1.82) is 0 Å². The molecule has 1 amide bonds. The SMILES string of the molecule is O=C(Cn1ncc2c(=O)[nH]cnc21)Nc1nc(CC23CC4CC(CC(C4)C2)C3)cs1. The van der Waals surface area contributed by atoms with Crippen LogP contribution in [0.25, 0.3) is 11.0 Å². The fourth-order valence-electron chi connectivity index (χ4n) is 6.65. The molecule has 4 fully saturated rings. The number of nitrogens with zero attached hydrogens (tertiary/aromatic N) is 4. The number of H-pyrrole nitrogens is 1. The van der Waals surface area contributed by atoms with Crippen LogP contribution < -0.4 is 10.9 Å². The van der Waals surface area contributed by atoms with Crippen LogP contribution >= 0.6 is 11.3 Å². The van der Waals surface area contributed by atoms with Gasteiger partial charge in [-0.25, -0.2) is 14.6 Å². The lowest BCUT2D eigenvalue weighted by Crippen LogP contribution is -2.47. The molecular formula is C21H24N6O2S. The first kappa shape index (κ1) is 18.2. The van der Waals surface area contributed by atoms with Crippen LogP contribution in [-0.2, 0) is 17.8 Å². The van der Waals surface area contributed by atoms with Crippen LogP contribution in [-0.4, -0.2) is 30.6 Å². The number of amides is 1. The summed E-state index contributed by atoms with van der Waals surface area (Å²) in [6, 6.07) is 0. The Labute approximate surface area is 177 Å². The lowest BCUT2D eigenvalue weighted by Gasteiger charge is -2.56. The van der Waals surface area contributed by atoms with E-state index in [1.54, 1.807) is 0 Å². The van der Waals surface area contributed by atoms with Gasteiger partial charge in [-0.1, -0.05) is 0 Å². The van der Waals surface area contributed by atoms with Crippen molar-refractivity contribution >= 4 is 33.4 Å². The van der Waals surface area contributed by atoms with E-state index < -0.39 is 0 Å². The summed E-state index contributed by atoms with van der Waals surface area (Å²) in [6.45, 7) is -0.0101. The summed E-state index contributed by atoms with van der Waals surface area (Å²) in [6.07, 6.45) is 12.2. The van der Waals surface area contributed by atoms with E-state index in [-0.39, 0.29) is 18.0 Å². The molecule has 0 unspecified atom stereocenters. The number of hydrogen-bond donors (Lipinski definition) is 2. The molecule has 0 saturated heterocycles. The number of hydrogen-bond acceptors (Lipinski definition) is 6. The molecule has 2 N–H and O–H groups in total. The quantitative estimate of drug-likeness (QED) is 0.655. The van der Waals surface area contributed by atoms with Crippen molar-refractivity contribution < 1.29 is 4.79 Å². The topological polar surface area (TPSA) is 106 Å². The third-order valence-electron chi connectivity index (χ3n) is 7.25. The van der Waals surface area contributed by atoms with Crippen molar-refractivity contribution in [2.45, 2.75) is 51.5 Å². The van der Waals surface area contributed by atoms with Gasteiger partial charge in [-0.15, -0.1) is 11.3 Å². The highest BCUT2D eigenvalue weighted by Gasteiger charge is 2.50. The van der Waals surface area contributed by atoms with E-state index in [2.05, 4.69) is 25.8 Å². The van der Waals surface area contributed by atoms with Crippen molar-refractivity contribution in [3.05, 3.63) is 34.0 Å². The standard InChI is InChI=1S/C21H24N6O2S/c28-17(9-27-18-16(8-24-27)19(29)23-11-22-18)26-20-25-15(10-30-20)7-21-4-12-1-13(5-21)3-14(2-12)6-21/h8,10-14H,1-7,9H2,(H,22,23,29)(H,25,26,28). The lowest BCUT2D eigenvalue weighted by atomic mass is 9.48. The number of fused-ring (bicyclic) bond motifs is 1. The van der Waals surface area contributed by atoms with Crippen molar-refractivity contribution in [1.82, 2.24) is 24.7 Å². The third-order valence-corrected chi connectivity index (χ3v) is 8.06. The number of carbonyl (C=O) groups is 1. The molecule has 0 atom stereocenters. The predicted molar refractivity (Wildman–Crippen MR) is 113 cm³/mol. The van der Waals surface area contributed by atoms with Crippen LogP contribution in [0, 0.1) is 23.2 Å². The summed E-state index contributed by atoms with van der Waals surface area (Å²) in [5, 5.41) is 10.1. The number of carbonyl (C=O) groups excluding carboxylic acids is 1. The lowest BCUT2D eigenvalue weighted by molar-refractivity contribution is -0.116. The fraction of sp³-hybridized carbons (Fsp3) is 0.571. The maximum atomic E-state index is 12.5. The Morgan fingerprint density at radius 1 is 1.23 bits per heavy atom. The van der Waals surface area contributed by atoms with Gasteiger partial charge in [0, 0.05) is 5.38 Å². The molecule has 4 aliphatic rings. The van der Waals surface area contributed by atoms with Crippen LogP contribution in [0.2, 0.25) is 0 Å². The molecule has 0 radical (unpaired) electrons. The van der Waals surface area contributed by atoms with Crippen LogP contribution in [0.15, 0.2) is 22.7 Å². The molecule has 7 rings (SSSR count). The van der Waals surface area contributed by atoms with Gasteiger partial charge < -0.3 is 10.3 Å². The van der Waals surface area contributed by atoms with E-state index in [4.69, 9.17) is 4.98 Å². The largest absolute Gasteiger partial charge is 0.312 e. The van der Waals surface area contributed by atoms with Crippen molar-refractivity contribution in [3.63, 3.8) is 0 Å². The fourth-order valence-corrected chi connectivity index (χ4v) is 7.38. The number of anilines is 1. The molecule has 3 heterocycles. The number of aromatic nitrogens is 5. The third kappa shape index (κ3) is 3.15. The Hall–Kier alpha value is -2.55. The highest BCUT2D eigenvalue weighted by molar-refractivity contribution is 7.13. The number of aromatic amines is 1. The minimum atomic E-state index is -0.263. The minimum Gasteiger partial charge on any atom is -0.312 e. The monoisotopic (exact) mass is 424 g/mol. The van der Waals surface area contributed by atoms with E-state index in [1.807, 2.05) is 0 Å². The number of thiazole rings is 1. The van der Waals surface area contributed by atoms with E-state index in [9.17, 15) is 9.59 Å². The molecule has 8 nitrogen and oxygen atoms in total. The van der Waals surface area contributed by atoms with E-state index in [1.165, 1.54) is 67.1 Å². The molecule has 3 aromatic heterocycles. The Kier molecular flexibility index (Phi) is 4.09. The van der Waals surface area contributed by atoms with E-state index in [0.29, 0.717) is 21.6 Å². The first-order valence-electron chi connectivity index (χ1n) is 10.7. The smallest absolute Gasteiger partial charge is 0.261 e. The molecule has 0 spiro atoms. The Bertz CT molecular complexity index is 1140. The molecular weight excluding hydrogens is 400 g/mol. The van der Waals surface area contributed by atoms with Crippen LogP contribution in [0.3, 0.4) is 0 Å². The maximum Gasteiger partial charge on any atom is 0.261 e. The zero-order valence-electron chi connectivity index (χ0n) is 16.6. The molecule has 0 aromatic carbocycles. The first-order chi connectivity index (χ1) is 14.6. The second-order valence-corrected chi connectivity index (χ2v) is 10.4. The number of nitrogens with one attached hydrogen (secondary N) is 2. The van der Waals surface area contributed by atoms with Crippen molar-refractivity contribution in [2.75, 3.05) is 5.32 Å². The van der Waals surface area contributed by atoms with E-state index >= 15 is 0 Å². The molecule has 4 aliphatic carbocycles. The van der Waals surface area contributed by atoms with Gasteiger partial charge in [0.05, 0.1) is 18.2 Å². The predicted octanol–water partition coefficient (Wildman–Crippen LogP) is 2.97. The summed E-state index contributed by atoms with van der Waals surface area (Å²) in [4.78, 5) is 35.6. The highest BCUT2D eigenvalue weighted by atomic mass is 32.1. The Morgan fingerprint density at radius 2 is 1.97 bits per heavy atom. The molecule has 30 heavy (non-hydrogen) atoms. The van der Waals surface area contributed by atoms with E-state index in [0.717, 1.165) is 29.9 Å². The maximum absolute atomic E-state index is 12.5. The van der Waals surface area contributed by atoms with Gasteiger partial charge in [-0.3, -0.25) is 9.59 Å². The van der Waals surface area contributed by atoms with Crippen LogP contribution in [0.4, 0.5) is 5.13 Å². The summed E-state index contributed by atoms with van der Waals surface area (Å²) < 4.78 is 1.43. The van der Waals surface area contributed by atoms with Gasteiger partial charge in [0.15, 0.2) is 10.8 Å². The molecule has 156 valence electrons. The zero-order valence-corrected chi connectivity index (χ0v) is 17.5. The van der Waals surface area contributed by atoms with Crippen LogP contribution in [0.1, 0.15) is 44.2 Å².